The summed E-state index contributed by atoms with van der Waals surface area (Å²) in [6, 6.07) is 18.3. The fourth-order valence-corrected chi connectivity index (χ4v) is 4.34. The van der Waals surface area contributed by atoms with Crippen LogP contribution in [-0.2, 0) is 11.2 Å². The van der Waals surface area contributed by atoms with Crippen molar-refractivity contribution >= 4 is 16.9 Å². The Balaban J connectivity index is 1.28. The first-order valence-corrected chi connectivity index (χ1v) is 10.8. The van der Waals surface area contributed by atoms with Crippen LogP contribution in [0.3, 0.4) is 0 Å². The quantitative estimate of drug-likeness (QED) is 0.491. The molecule has 1 aliphatic heterocycles. The van der Waals surface area contributed by atoms with E-state index in [9.17, 15) is 4.79 Å². The van der Waals surface area contributed by atoms with Gasteiger partial charge in [-0.2, -0.15) is 4.98 Å². The first-order valence-electron chi connectivity index (χ1n) is 10.8. The van der Waals surface area contributed by atoms with Gasteiger partial charge in [-0.25, -0.2) is 4.98 Å². The van der Waals surface area contributed by atoms with Gasteiger partial charge in [0.15, 0.2) is 5.82 Å². The maximum Gasteiger partial charge on any atom is 0.229 e. The van der Waals surface area contributed by atoms with E-state index in [4.69, 9.17) is 9.51 Å². The molecule has 0 spiro atoms. The number of carbonyl (C=O) groups excluding carboxylic acids is 1. The van der Waals surface area contributed by atoms with Crippen LogP contribution in [0.25, 0.3) is 16.7 Å². The van der Waals surface area contributed by atoms with Crippen molar-refractivity contribution in [2.24, 2.45) is 0 Å². The van der Waals surface area contributed by atoms with Gasteiger partial charge >= 0.3 is 0 Å². The third kappa shape index (κ3) is 3.95. The summed E-state index contributed by atoms with van der Waals surface area (Å²) in [5.74, 6) is 2.69. The number of nitrogens with zero attached hydrogens (tertiary/aromatic N) is 5. The summed E-state index contributed by atoms with van der Waals surface area (Å²) in [6.07, 6.45) is 2.76. The van der Waals surface area contributed by atoms with Crippen molar-refractivity contribution < 1.29 is 9.32 Å². The van der Waals surface area contributed by atoms with Crippen molar-refractivity contribution in [3.05, 3.63) is 72.1 Å². The first-order chi connectivity index (χ1) is 15.2. The molecule has 7 heteroatoms. The van der Waals surface area contributed by atoms with Crippen molar-refractivity contribution in [3.63, 3.8) is 0 Å². The van der Waals surface area contributed by atoms with E-state index in [0.29, 0.717) is 24.6 Å². The number of benzene rings is 2. The summed E-state index contributed by atoms with van der Waals surface area (Å²) in [7, 11) is 0. The SMILES string of the molecule is Cc1noc(C2CCN(C(=O)CCc3nc4ccccc4n3-c3ccccc3)CC2)n1. The lowest BCUT2D eigenvalue weighted by molar-refractivity contribution is -0.132. The number of rotatable bonds is 5. The lowest BCUT2D eigenvalue weighted by Gasteiger charge is -2.30. The van der Waals surface area contributed by atoms with Crippen LogP contribution in [0.2, 0.25) is 0 Å². The van der Waals surface area contributed by atoms with Crippen molar-refractivity contribution in [2.45, 2.75) is 38.5 Å². The fraction of sp³-hybridized carbons (Fsp3) is 0.333. The third-order valence-corrected chi connectivity index (χ3v) is 5.95. The number of para-hydroxylation sites is 3. The number of piperidine rings is 1. The van der Waals surface area contributed by atoms with E-state index in [0.717, 1.165) is 48.5 Å². The Labute approximate surface area is 180 Å². The molecule has 0 atom stereocenters. The predicted molar refractivity (Wildman–Crippen MR) is 117 cm³/mol. The van der Waals surface area contributed by atoms with Crippen LogP contribution < -0.4 is 0 Å². The zero-order valence-electron chi connectivity index (χ0n) is 17.6. The Kier molecular flexibility index (Phi) is 5.24. The smallest absolute Gasteiger partial charge is 0.229 e. The van der Waals surface area contributed by atoms with Gasteiger partial charge in [0.25, 0.3) is 0 Å². The lowest BCUT2D eigenvalue weighted by Crippen LogP contribution is -2.38. The number of amides is 1. The molecule has 0 aliphatic carbocycles. The molecule has 0 bridgehead atoms. The van der Waals surface area contributed by atoms with E-state index >= 15 is 0 Å². The molecule has 1 aliphatic rings. The average Bonchev–Trinajstić information content (AvgIpc) is 3.41. The molecule has 7 nitrogen and oxygen atoms in total. The molecule has 158 valence electrons. The fourth-order valence-electron chi connectivity index (χ4n) is 4.34. The van der Waals surface area contributed by atoms with Gasteiger partial charge in [-0.1, -0.05) is 35.5 Å². The molecular weight excluding hydrogens is 390 g/mol. The molecule has 31 heavy (non-hydrogen) atoms. The Bertz CT molecular complexity index is 1190. The van der Waals surface area contributed by atoms with Gasteiger partial charge in [0.2, 0.25) is 11.8 Å². The molecular formula is C24H25N5O2. The molecule has 0 unspecified atom stereocenters. The number of likely N-dealkylation sites (tertiary alicyclic amines) is 1. The summed E-state index contributed by atoms with van der Waals surface area (Å²) in [4.78, 5) is 24.0. The molecule has 0 radical (unpaired) electrons. The highest BCUT2D eigenvalue weighted by Crippen LogP contribution is 2.27. The zero-order chi connectivity index (χ0) is 21.2. The minimum atomic E-state index is 0.173. The summed E-state index contributed by atoms with van der Waals surface area (Å²) in [6.45, 7) is 3.27. The van der Waals surface area contributed by atoms with Crippen molar-refractivity contribution in [1.82, 2.24) is 24.6 Å². The van der Waals surface area contributed by atoms with Crippen LogP contribution in [-0.4, -0.2) is 43.6 Å². The second-order valence-corrected chi connectivity index (χ2v) is 8.02. The molecule has 4 aromatic rings. The van der Waals surface area contributed by atoms with Gasteiger partial charge in [-0.3, -0.25) is 9.36 Å². The van der Waals surface area contributed by atoms with Crippen molar-refractivity contribution in [1.29, 1.82) is 0 Å². The summed E-state index contributed by atoms with van der Waals surface area (Å²) >= 11 is 0. The molecule has 3 heterocycles. The van der Waals surface area contributed by atoms with Crippen LogP contribution in [0.5, 0.6) is 0 Å². The Morgan fingerprint density at radius 3 is 2.52 bits per heavy atom. The van der Waals surface area contributed by atoms with E-state index in [-0.39, 0.29) is 11.8 Å². The van der Waals surface area contributed by atoms with Crippen LogP contribution in [0.15, 0.2) is 59.1 Å². The second kappa shape index (κ2) is 8.34. The monoisotopic (exact) mass is 415 g/mol. The second-order valence-electron chi connectivity index (χ2n) is 8.02. The van der Waals surface area contributed by atoms with Crippen LogP contribution in [0, 0.1) is 6.92 Å². The van der Waals surface area contributed by atoms with Crippen LogP contribution >= 0.6 is 0 Å². The number of hydrogen-bond acceptors (Lipinski definition) is 5. The standard InChI is InChI=1S/C24H25N5O2/c1-17-25-24(31-27-17)18-13-15-28(16-14-18)23(30)12-11-22-26-20-9-5-6-10-21(20)29(22)19-7-3-2-4-8-19/h2-10,18H,11-16H2,1H3. The summed E-state index contributed by atoms with van der Waals surface area (Å²) in [5, 5.41) is 3.88. The molecule has 0 saturated carbocycles. The number of imidazole rings is 1. The van der Waals surface area contributed by atoms with Gasteiger partial charge in [0.05, 0.1) is 11.0 Å². The maximum absolute atomic E-state index is 12.9. The summed E-state index contributed by atoms with van der Waals surface area (Å²) < 4.78 is 7.47. The van der Waals surface area contributed by atoms with Gasteiger partial charge in [-0.05, 0) is 44.0 Å². The van der Waals surface area contributed by atoms with E-state index in [1.165, 1.54) is 0 Å². The Morgan fingerprint density at radius 2 is 1.77 bits per heavy atom. The predicted octanol–water partition coefficient (Wildman–Crippen LogP) is 4.06. The Morgan fingerprint density at radius 1 is 1.03 bits per heavy atom. The molecule has 1 saturated heterocycles. The molecule has 5 rings (SSSR count). The number of carbonyl (C=O) groups is 1. The zero-order valence-corrected chi connectivity index (χ0v) is 17.6. The Hall–Kier alpha value is -3.48. The third-order valence-electron chi connectivity index (χ3n) is 5.95. The van der Waals surface area contributed by atoms with Crippen molar-refractivity contribution in [3.8, 4) is 5.69 Å². The van der Waals surface area contributed by atoms with Gasteiger partial charge in [0, 0.05) is 37.5 Å². The van der Waals surface area contributed by atoms with Crippen LogP contribution in [0.1, 0.15) is 42.7 Å². The normalized spacial score (nSPS) is 14.9. The van der Waals surface area contributed by atoms with E-state index in [1.54, 1.807) is 0 Å². The molecule has 1 fully saturated rings. The van der Waals surface area contributed by atoms with Crippen molar-refractivity contribution in [2.75, 3.05) is 13.1 Å². The molecule has 1 amide bonds. The van der Waals surface area contributed by atoms with E-state index < -0.39 is 0 Å². The number of fused-ring (bicyclic) bond motifs is 1. The summed E-state index contributed by atoms with van der Waals surface area (Å²) in [5.41, 5.74) is 3.07. The molecule has 2 aromatic carbocycles. The molecule has 0 N–H and O–H groups in total. The minimum absolute atomic E-state index is 0.173. The maximum atomic E-state index is 12.9. The van der Waals surface area contributed by atoms with Gasteiger partial charge < -0.3 is 9.42 Å². The van der Waals surface area contributed by atoms with Gasteiger partial charge in [-0.15, -0.1) is 0 Å². The van der Waals surface area contributed by atoms with E-state index in [1.807, 2.05) is 48.2 Å². The highest BCUT2D eigenvalue weighted by atomic mass is 16.5. The highest BCUT2D eigenvalue weighted by molar-refractivity contribution is 5.79. The minimum Gasteiger partial charge on any atom is -0.343 e. The van der Waals surface area contributed by atoms with Crippen LogP contribution in [0.4, 0.5) is 0 Å². The highest BCUT2D eigenvalue weighted by Gasteiger charge is 2.27. The van der Waals surface area contributed by atoms with Gasteiger partial charge in [0.1, 0.15) is 5.82 Å². The number of aryl methyl sites for hydroxylation is 2. The molecule has 2 aromatic heterocycles. The first kappa shape index (κ1) is 19.5. The largest absolute Gasteiger partial charge is 0.343 e. The number of hydrogen-bond donors (Lipinski definition) is 0. The lowest BCUT2D eigenvalue weighted by atomic mass is 9.96. The van der Waals surface area contributed by atoms with E-state index in [2.05, 4.69) is 32.9 Å². The topological polar surface area (TPSA) is 77.0 Å². The average molecular weight is 415 g/mol. The number of aromatic nitrogens is 4.